The van der Waals surface area contributed by atoms with Crippen molar-refractivity contribution in [1.82, 2.24) is 5.27 Å². The molecule has 0 saturated carbocycles. The Morgan fingerprint density at radius 1 is 1.17 bits per heavy atom. The molecule has 0 aliphatic carbocycles. The molecule has 2 amide bonds. The van der Waals surface area contributed by atoms with Crippen LogP contribution in [0.15, 0.2) is 76.4 Å². The Hall–Kier alpha value is -3.15. The van der Waals surface area contributed by atoms with E-state index in [4.69, 9.17) is 4.52 Å². The highest BCUT2D eigenvalue weighted by atomic mass is 16.5. The van der Waals surface area contributed by atoms with Crippen molar-refractivity contribution in [1.29, 1.82) is 0 Å². The van der Waals surface area contributed by atoms with Crippen LogP contribution in [0.1, 0.15) is 18.5 Å². The SMILES string of the molecule is CC(Cc1ccccc1)[n+]1c/c(=N\C(=O)Nc2ccccc2)o[n-]1. The molecule has 0 fully saturated rings. The lowest BCUT2D eigenvalue weighted by Crippen LogP contribution is -2.42. The summed E-state index contributed by atoms with van der Waals surface area (Å²) in [6, 6.07) is 18.8. The third kappa shape index (κ3) is 4.19. The number of aromatic nitrogens is 2. The van der Waals surface area contributed by atoms with Crippen LogP contribution in [-0.4, -0.2) is 6.03 Å². The van der Waals surface area contributed by atoms with Crippen LogP contribution in [0.4, 0.5) is 10.5 Å². The lowest BCUT2D eigenvalue weighted by molar-refractivity contribution is -0.787. The Kier molecular flexibility index (Phi) is 4.86. The van der Waals surface area contributed by atoms with Gasteiger partial charge in [0.15, 0.2) is 6.04 Å². The van der Waals surface area contributed by atoms with E-state index in [0.717, 1.165) is 6.42 Å². The van der Waals surface area contributed by atoms with Crippen molar-refractivity contribution >= 4 is 11.7 Å². The maximum atomic E-state index is 11.9. The van der Waals surface area contributed by atoms with Gasteiger partial charge in [0.25, 0.3) is 5.55 Å². The third-order valence-electron chi connectivity index (χ3n) is 3.53. The Bertz CT molecular complexity index is 853. The van der Waals surface area contributed by atoms with Crippen molar-refractivity contribution in [2.24, 2.45) is 4.99 Å². The third-order valence-corrected chi connectivity index (χ3v) is 3.53. The molecular formula is C18H18N4O2. The number of rotatable bonds is 4. The number of amides is 2. The summed E-state index contributed by atoms with van der Waals surface area (Å²) < 4.78 is 6.79. The topological polar surface area (TPSA) is 72.6 Å². The van der Waals surface area contributed by atoms with Gasteiger partial charge in [-0.2, -0.15) is 4.99 Å². The number of hydrogen-bond donors (Lipinski definition) is 1. The van der Waals surface area contributed by atoms with Crippen LogP contribution in [0.3, 0.4) is 0 Å². The molecule has 0 saturated heterocycles. The van der Waals surface area contributed by atoms with Crippen LogP contribution in [0.2, 0.25) is 0 Å². The normalized spacial score (nSPS) is 12.8. The predicted octanol–water partition coefficient (Wildman–Crippen LogP) is 2.46. The van der Waals surface area contributed by atoms with Crippen molar-refractivity contribution in [3.8, 4) is 0 Å². The Morgan fingerprint density at radius 2 is 1.83 bits per heavy atom. The molecule has 6 nitrogen and oxygen atoms in total. The van der Waals surface area contributed by atoms with Gasteiger partial charge >= 0.3 is 6.03 Å². The highest BCUT2D eigenvalue weighted by molar-refractivity contribution is 5.89. The van der Waals surface area contributed by atoms with E-state index in [1.54, 1.807) is 23.0 Å². The second-order valence-corrected chi connectivity index (χ2v) is 5.47. The first kappa shape index (κ1) is 15.7. The molecule has 0 spiro atoms. The van der Waals surface area contributed by atoms with Gasteiger partial charge in [0, 0.05) is 12.1 Å². The molecule has 1 N–H and O–H groups in total. The van der Waals surface area contributed by atoms with Crippen LogP contribution in [0.25, 0.3) is 0 Å². The fraction of sp³-hybridized carbons (Fsp3) is 0.167. The van der Waals surface area contributed by atoms with E-state index in [0.29, 0.717) is 5.69 Å². The molecule has 3 aromatic rings. The Morgan fingerprint density at radius 3 is 2.54 bits per heavy atom. The zero-order valence-corrected chi connectivity index (χ0v) is 13.3. The van der Waals surface area contributed by atoms with Gasteiger partial charge in [-0.15, -0.1) is 0 Å². The van der Waals surface area contributed by atoms with Crippen molar-refractivity contribution in [3.63, 3.8) is 0 Å². The summed E-state index contributed by atoms with van der Waals surface area (Å²) in [7, 11) is 0. The molecular weight excluding hydrogens is 304 g/mol. The minimum atomic E-state index is -0.500. The first-order chi connectivity index (χ1) is 11.7. The summed E-state index contributed by atoms with van der Waals surface area (Å²) in [5, 5.41) is 6.61. The molecule has 0 aliphatic rings. The smallest absolute Gasteiger partial charge is 0.348 e. The number of benzene rings is 2. The highest BCUT2D eigenvalue weighted by Crippen LogP contribution is 2.07. The van der Waals surface area contributed by atoms with Gasteiger partial charge in [-0.25, -0.2) is 9.48 Å². The predicted molar refractivity (Wildman–Crippen MR) is 88.1 cm³/mol. The summed E-state index contributed by atoms with van der Waals surface area (Å²) in [5.74, 6) is 0. The molecule has 1 aromatic heterocycles. The summed E-state index contributed by atoms with van der Waals surface area (Å²) in [4.78, 5) is 15.7. The average molecular weight is 322 g/mol. The average Bonchev–Trinajstić information content (AvgIpc) is 3.05. The second kappa shape index (κ2) is 7.41. The van der Waals surface area contributed by atoms with Gasteiger partial charge in [0.1, 0.15) is 0 Å². The van der Waals surface area contributed by atoms with Crippen LogP contribution in [-0.2, 0) is 6.42 Å². The van der Waals surface area contributed by atoms with Gasteiger partial charge in [0.2, 0.25) is 6.20 Å². The Labute approximate surface area is 139 Å². The lowest BCUT2D eigenvalue weighted by atomic mass is 10.1. The molecule has 122 valence electrons. The van der Waals surface area contributed by atoms with Crippen LogP contribution in [0, 0.1) is 0 Å². The van der Waals surface area contributed by atoms with E-state index in [1.165, 1.54) is 5.56 Å². The second-order valence-electron chi connectivity index (χ2n) is 5.47. The maximum absolute atomic E-state index is 11.9. The van der Waals surface area contributed by atoms with E-state index in [2.05, 4.69) is 27.7 Å². The number of para-hydroxylation sites is 1. The zero-order chi connectivity index (χ0) is 16.8. The van der Waals surface area contributed by atoms with E-state index >= 15 is 0 Å². The van der Waals surface area contributed by atoms with Gasteiger partial charge in [-0.1, -0.05) is 48.5 Å². The maximum Gasteiger partial charge on any atom is 0.348 e. The van der Waals surface area contributed by atoms with Crippen molar-refractivity contribution in [3.05, 3.63) is 78.0 Å². The number of carbonyl (C=O) groups excluding carboxylic acids is 1. The zero-order valence-electron chi connectivity index (χ0n) is 13.3. The first-order valence-electron chi connectivity index (χ1n) is 7.70. The number of carbonyl (C=O) groups is 1. The van der Waals surface area contributed by atoms with E-state index in [-0.39, 0.29) is 11.6 Å². The highest BCUT2D eigenvalue weighted by Gasteiger charge is 2.11. The molecule has 1 unspecified atom stereocenters. The molecule has 1 atom stereocenters. The monoisotopic (exact) mass is 322 g/mol. The molecule has 0 radical (unpaired) electrons. The van der Waals surface area contributed by atoms with Crippen molar-refractivity contribution < 1.29 is 14.0 Å². The largest absolute Gasteiger partial charge is 0.486 e. The molecule has 6 heteroatoms. The van der Waals surface area contributed by atoms with E-state index in [9.17, 15) is 4.79 Å². The molecule has 0 aliphatic heterocycles. The van der Waals surface area contributed by atoms with Crippen LogP contribution < -0.4 is 20.8 Å². The standard InChI is InChI=1S/C18H18N4O2/c1-14(12-15-8-4-2-5-9-15)22-13-17(24-21-22)20-18(23)19-16-10-6-3-7-11-16/h2-11,13-14H,12H2,1H3,(H,19,23)/b20-17+. The number of hydrogen-bond acceptors (Lipinski definition) is 2. The minimum absolute atomic E-state index is 0.0947. The van der Waals surface area contributed by atoms with Gasteiger partial charge in [-0.3, -0.25) is 5.27 Å². The summed E-state index contributed by atoms with van der Waals surface area (Å²) in [5.41, 5.74) is 2.06. The molecule has 1 heterocycles. The fourth-order valence-corrected chi connectivity index (χ4v) is 2.33. The Balaban J connectivity index is 1.67. The minimum Gasteiger partial charge on any atom is -0.486 e. The number of anilines is 1. The van der Waals surface area contributed by atoms with Gasteiger partial charge in [-0.05, 0) is 24.6 Å². The quantitative estimate of drug-likeness (QED) is 0.750. The van der Waals surface area contributed by atoms with Crippen molar-refractivity contribution in [2.75, 3.05) is 5.32 Å². The van der Waals surface area contributed by atoms with Gasteiger partial charge in [0.05, 0.1) is 0 Å². The van der Waals surface area contributed by atoms with E-state index < -0.39 is 6.03 Å². The van der Waals surface area contributed by atoms with Crippen LogP contribution in [0.5, 0.6) is 0 Å². The van der Waals surface area contributed by atoms with Crippen molar-refractivity contribution in [2.45, 2.75) is 19.4 Å². The summed E-state index contributed by atoms with van der Waals surface area (Å²) in [6.45, 7) is 2.03. The summed E-state index contributed by atoms with van der Waals surface area (Å²) >= 11 is 0. The number of urea groups is 1. The number of nitrogens with zero attached hydrogens (tertiary/aromatic N) is 3. The lowest BCUT2D eigenvalue weighted by Gasteiger charge is -2.07. The van der Waals surface area contributed by atoms with E-state index in [1.807, 2.05) is 43.3 Å². The fourth-order valence-electron chi connectivity index (χ4n) is 2.33. The molecule has 0 bridgehead atoms. The summed E-state index contributed by atoms with van der Waals surface area (Å²) in [6.07, 6.45) is 2.44. The first-order valence-corrected chi connectivity index (χ1v) is 7.70. The number of nitrogens with one attached hydrogen (secondary N) is 1. The van der Waals surface area contributed by atoms with Crippen LogP contribution >= 0.6 is 0 Å². The molecule has 3 rings (SSSR count). The molecule has 24 heavy (non-hydrogen) atoms. The van der Waals surface area contributed by atoms with Gasteiger partial charge < -0.3 is 9.84 Å². The molecule has 2 aromatic carbocycles.